The van der Waals surface area contributed by atoms with Crippen molar-refractivity contribution in [2.24, 2.45) is 5.41 Å². The smallest absolute Gasteiger partial charge is 0.246 e. The first-order valence-electron chi connectivity index (χ1n) is 7.65. The maximum absolute atomic E-state index is 12.3. The van der Waals surface area contributed by atoms with E-state index in [-0.39, 0.29) is 11.3 Å². The van der Waals surface area contributed by atoms with Crippen molar-refractivity contribution >= 4 is 17.5 Å². The van der Waals surface area contributed by atoms with Crippen molar-refractivity contribution in [2.75, 3.05) is 6.54 Å². The van der Waals surface area contributed by atoms with Crippen LogP contribution in [0.3, 0.4) is 0 Å². The summed E-state index contributed by atoms with van der Waals surface area (Å²) in [4.78, 5) is 18.4. The highest BCUT2D eigenvalue weighted by molar-refractivity contribution is 6.30. The molecule has 0 fully saturated rings. The molecule has 1 amide bonds. The highest BCUT2D eigenvalue weighted by Gasteiger charge is 2.22. The van der Waals surface area contributed by atoms with Crippen LogP contribution < -0.4 is 0 Å². The zero-order chi connectivity index (χ0) is 17.0. The van der Waals surface area contributed by atoms with E-state index in [9.17, 15) is 4.79 Å². The second kappa shape index (κ2) is 7.13. The molecule has 0 saturated carbocycles. The van der Waals surface area contributed by atoms with Gasteiger partial charge in [-0.05, 0) is 36.6 Å². The number of nitrogens with zero attached hydrogens (tertiary/aromatic N) is 3. The van der Waals surface area contributed by atoms with E-state index in [1.165, 1.54) is 0 Å². The SMILES string of the molecule is CCN(Cc1nc(-c2ccc(Cl)cc2)no1)C(=O)CC(C)(C)C. The minimum atomic E-state index is -0.0478. The summed E-state index contributed by atoms with van der Waals surface area (Å²) in [7, 11) is 0. The maximum Gasteiger partial charge on any atom is 0.246 e. The highest BCUT2D eigenvalue weighted by Crippen LogP contribution is 2.22. The van der Waals surface area contributed by atoms with E-state index >= 15 is 0 Å². The Morgan fingerprint density at radius 2 is 1.91 bits per heavy atom. The van der Waals surface area contributed by atoms with Gasteiger partial charge in [-0.1, -0.05) is 37.5 Å². The van der Waals surface area contributed by atoms with Crippen LogP contribution in [0.2, 0.25) is 5.02 Å². The molecule has 0 N–H and O–H groups in total. The van der Waals surface area contributed by atoms with Gasteiger partial charge >= 0.3 is 0 Å². The lowest BCUT2D eigenvalue weighted by atomic mass is 9.91. The van der Waals surface area contributed by atoms with E-state index in [4.69, 9.17) is 16.1 Å². The van der Waals surface area contributed by atoms with Crippen LogP contribution in [0.5, 0.6) is 0 Å². The summed E-state index contributed by atoms with van der Waals surface area (Å²) >= 11 is 5.87. The average molecular weight is 336 g/mol. The molecule has 0 aliphatic carbocycles. The summed E-state index contributed by atoms with van der Waals surface area (Å²) in [5.74, 6) is 1.02. The number of benzene rings is 1. The summed E-state index contributed by atoms with van der Waals surface area (Å²) in [6.07, 6.45) is 0.485. The predicted molar refractivity (Wildman–Crippen MR) is 89.9 cm³/mol. The molecule has 0 saturated heterocycles. The lowest BCUT2D eigenvalue weighted by Crippen LogP contribution is -2.33. The number of hydrogen-bond donors (Lipinski definition) is 0. The fourth-order valence-electron chi connectivity index (χ4n) is 2.14. The van der Waals surface area contributed by atoms with Gasteiger partial charge in [0.15, 0.2) is 0 Å². The summed E-state index contributed by atoms with van der Waals surface area (Å²) in [6, 6.07) is 7.22. The van der Waals surface area contributed by atoms with Crippen LogP contribution in [0.15, 0.2) is 28.8 Å². The first-order valence-corrected chi connectivity index (χ1v) is 8.02. The Morgan fingerprint density at radius 1 is 1.26 bits per heavy atom. The molecule has 2 rings (SSSR count). The highest BCUT2D eigenvalue weighted by atomic mass is 35.5. The van der Waals surface area contributed by atoms with Gasteiger partial charge in [-0.25, -0.2) is 0 Å². The van der Waals surface area contributed by atoms with Crippen LogP contribution in [0.25, 0.3) is 11.4 Å². The van der Waals surface area contributed by atoms with Crippen molar-refractivity contribution in [3.63, 3.8) is 0 Å². The Hall–Kier alpha value is -1.88. The van der Waals surface area contributed by atoms with Gasteiger partial charge in [0.1, 0.15) is 0 Å². The van der Waals surface area contributed by atoms with Gasteiger partial charge in [-0.3, -0.25) is 4.79 Å². The van der Waals surface area contributed by atoms with Crippen molar-refractivity contribution in [3.05, 3.63) is 35.2 Å². The van der Waals surface area contributed by atoms with Gasteiger partial charge in [0, 0.05) is 23.6 Å². The molecule has 23 heavy (non-hydrogen) atoms. The van der Waals surface area contributed by atoms with Gasteiger partial charge in [0.25, 0.3) is 0 Å². The number of carbonyl (C=O) groups excluding carboxylic acids is 1. The maximum atomic E-state index is 12.3. The minimum Gasteiger partial charge on any atom is -0.337 e. The van der Waals surface area contributed by atoms with Crippen molar-refractivity contribution in [3.8, 4) is 11.4 Å². The average Bonchev–Trinajstić information content (AvgIpc) is 2.92. The van der Waals surface area contributed by atoms with Gasteiger partial charge in [-0.2, -0.15) is 4.98 Å². The number of aromatic nitrogens is 2. The lowest BCUT2D eigenvalue weighted by Gasteiger charge is -2.24. The zero-order valence-corrected chi connectivity index (χ0v) is 14.7. The normalized spacial score (nSPS) is 11.5. The Bertz CT molecular complexity index is 659. The molecule has 0 radical (unpaired) electrons. The van der Waals surface area contributed by atoms with Crippen LogP contribution in [0.4, 0.5) is 0 Å². The molecule has 0 aliphatic rings. The summed E-state index contributed by atoms with van der Waals surface area (Å²) in [5.41, 5.74) is 0.779. The molecule has 6 heteroatoms. The minimum absolute atomic E-state index is 0.0478. The molecule has 124 valence electrons. The first-order chi connectivity index (χ1) is 10.8. The van der Waals surface area contributed by atoms with Crippen molar-refractivity contribution in [1.82, 2.24) is 15.0 Å². The van der Waals surface area contributed by atoms with E-state index in [2.05, 4.69) is 10.1 Å². The fraction of sp³-hybridized carbons (Fsp3) is 0.471. The predicted octanol–water partition coefficient (Wildman–Crippen LogP) is 4.17. The molecule has 0 atom stereocenters. The number of halogens is 1. The number of amides is 1. The van der Waals surface area contributed by atoms with E-state index < -0.39 is 0 Å². The number of rotatable bonds is 5. The van der Waals surface area contributed by atoms with Gasteiger partial charge in [-0.15, -0.1) is 0 Å². The molecule has 5 nitrogen and oxygen atoms in total. The quantitative estimate of drug-likeness (QED) is 0.822. The van der Waals surface area contributed by atoms with Crippen molar-refractivity contribution < 1.29 is 9.32 Å². The molecule has 1 aromatic heterocycles. The van der Waals surface area contributed by atoms with Crippen LogP contribution in [0.1, 0.15) is 40.0 Å². The van der Waals surface area contributed by atoms with Crippen LogP contribution in [0, 0.1) is 5.41 Å². The third-order valence-electron chi connectivity index (χ3n) is 3.31. The lowest BCUT2D eigenvalue weighted by molar-refractivity contribution is -0.133. The largest absolute Gasteiger partial charge is 0.337 e. The van der Waals surface area contributed by atoms with E-state index in [1.54, 1.807) is 17.0 Å². The Balaban J connectivity index is 2.07. The second-order valence-corrected chi connectivity index (χ2v) is 7.10. The zero-order valence-electron chi connectivity index (χ0n) is 14.0. The second-order valence-electron chi connectivity index (χ2n) is 6.66. The molecule has 0 spiro atoms. The summed E-state index contributed by atoms with van der Waals surface area (Å²) in [6.45, 7) is 9.01. The molecule has 1 aromatic carbocycles. The van der Waals surface area contributed by atoms with E-state index in [0.29, 0.717) is 36.2 Å². The van der Waals surface area contributed by atoms with Crippen LogP contribution >= 0.6 is 11.6 Å². The third-order valence-corrected chi connectivity index (χ3v) is 3.56. The number of carbonyl (C=O) groups is 1. The van der Waals surface area contributed by atoms with Gasteiger partial charge < -0.3 is 9.42 Å². The topological polar surface area (TPSA) is 59.2 Å². The molecule has 2 aromatic rings. The fourth-order valence-corrected chi connectivity index (χ4v) is 2.27. The molecule has 0 unspecified atom stereocenters. The summed E-state index contributed by atoms with van der Waals surface area (Å²) in [5, 5.41) is 4.63. The summed E-state index contributed by atoms with van der Waals surface area (Å²) < 4.78 is 5.27. The monoisotopic (exact) mass is 335 g/mol. The van der Waals surface area contributed by atoms with Crippen LogP contribution in [-0.2, 0) is 11.3 Å². The Kier molecular flexibility index (Phi) is 5.42. The number of hydrogen-bond acceptors (Lipinski definition) is 4. The molecule has 1 heterocycles. The van der Waals surface area contributed by atoms with Gasteiger partial charge in [0.2, 0.25) is 17.6 Å². The van der Waals surface area contributed by atoms with Crippen LogP contribution in [-0.4, -0.2) is 27.5 Å². The Morgan fingerprint density at radius 3 is 2.48 bits per heavy atom. The molecule has 0 aliphatic heterocycles. The Labute approximate surface area is 141 Å². The molecular formula is C17H22ClN3O2. The standard InChI is InChI=1S/C17H22ClN3O2/c1-5-21(15(22)10-17(2,3)4)11-14-19-16(20-23-14)12-6-8-13(18)9-7-12/h6-9H,5,10-11H2,1-4H3. The van der Waals surface area contributed by atoms with Crippen molar-refractivity contribution in [2.45, 2.75) is 40.7 Å². The molecular weight excluding hydrogens is 314 g/mol. The van der Waals surface area contributed by atoms with E-state index in [1.807, 2.05) is 39.8 Å². The first kappa shape index (κ1) is 17.5. The van der Waals surface area contributed by atoms with Crippen molar-refractivity contribution in [1.29, 1.82) is 0 Å². The third kappa shape index (κ3) is 5.06. The van der Waals surface area contributed by atoms with Gasteiger partial charge in [0.05, 0.1) is 6.54 Å². The van der Waals surface area contributed by atoms with E-state index in [0.717, 1.165) is 5.56 Å². The molecule has 0 bridgehead atoms.